The Hall–Kier alpha value is -3.33. The van der Waals surface area contributed by atoms with Crippen molar-refractivity contribution in [2.75, 3.05) is 13.1 Å². The Morgan fingerprint density at radius 1 is 1.00 bits per heavy atom. The first-order valence-corrected chi connectivity index (χ1v) is 12.5. The van der Waals surface area contributed by atoms with Gasteiger partial charge in [-0.05, 0) is 61.1 Å². The maximum absolute atomic E-state index is 13.0. The van der Waals surface area contributed by atoms with E-state index in [1.807, 2.05) is 30.5 Å². The molecular formula is C26H29N5O4. The molecule has 3 amide bonds. The molecule has 4 heterocycles. The fourth-order valence-electron chi connectivity index (χ4n) is 5.97. The Morgan fingerprint density at radius 3 is 2.66 bits per heavy atom. The molecule has 6 rings (SSSR count). The molecule has 3 aliphatic heterocycles. The molecule has 1 saturated carbocycles. The zero-order chi connectivity index (χ0) is 23.9. The van der Waals surface area contributed by atoms with Crippen LogP contribution in [0.5, 0.6) is 5.75 Å². The largest absolute Gasteiger partial charge is 0.489 e. The van der Waals surface area contributed by atoms with Crippen LogP contribution in [0.25, 0.3) is 0 Å². The standard InChI is InChI=1S/C26H29N5O4/c32-24-8-7-22(25(33)29-24)31-15-17-11-19(5-6-20(17)26(31)34)35-23-4-2-1-3-21(23)30-13-18(14-30)16-9-10-27-28-12-16/h5-6,9-12,18,21-23H,1-4,7-8,13-15H2,(H,29,32,33)/t21-,22?,23-/m1/s1. The van der Waals surface area contributed by atoms with E-state index in [4.69, 9.17) is 4.74 Å². The summed E-state index contributed by atoms with van der Waals surface area (Å²) in [5, 5.41) is 10.2. The van der Waals surface area contributed by atoms with Gasteiger partial charge in [0.05, 0.1) is 6.20 Å². The number of nitrogens with one attached hydrogen (secondary N) is 1. The number of nitrogens with zero attached hydrogens (tertiary/aromatic N) is 4. The SMILES string of the molecule is O=C1CCC(N2Cc3cc(O[C@@H]4CCCC[C@H]4N4CC(c5ccnnc5)C4)ccc3C2=O)C(=O)N1. The van der Waals surface area contributed by atoms with Crippen LogP contribution in [0, 0.1) is 0 Å². The molecule has 1 aliphatic carbocycles. The van der Waals surface area contributed by atoms with Crippen molar-refractivity contribution in [3.05, 3.63) is 53.3 Å². The van der Waals surface area contributed by atoms with Crippen LogP contribution in [0.15, 0.2) is 36.7 Å². The highest BCUT2D eigenvalue weighted by atomic mass is 16.5. The van der Waals surface area contributed by atoms with Crippen molar-refractivity contribution in [1.29, 1.82) is 0 Å². The first-order chi connectivity index (χ1) is 17.1. The predicted molar refractivity (Wildman–Crippen MR) is 126 cm³/mol. The molecule has 0 bridgehead atoms. The summed E-state index contributed by atoms with van der Waals surface area (Å²) in [6, 6.07) is 7.46. The zero-order valence-corrected chi connectivity index (χ0v) is 19.6. The monoisotopic (exact) mass is 475 g/mol. The number of hydrogen-bond donors (Lipinski definition) is 1. The Bertz CT molecular complexity index is 1150. The molecule has 182 valence electrons. The lowest BCUT2D eigenvalue weighted by atomic mass is 9.85. The molecule has 9 heteroatoms. The summed E-state index contributed by atoms with van der Waals surface area (Å²) in [4.78, 5) is 40.9. The van der Waals surface area contributed by atoms with Crippen molar-refractivity contribution in [2.24, 2.45) is 0 Å². The second-order valence-corrected chi connectivity index (χ2v) is 10.1. The van der Waals surface area contributed by atoms with E-state index in [0.29, 0.717) is 30.5 Å². The number of ether oxygens (including phenoxy) is 1. The summed E-state index contributed by atoms with van der Waals surface area (Å²) in [7, 11) is 0. The van der Waals surface area contributed by atoms with E-state index >= 15 is 0 Å². The number of aromatic nitrogens is 2. The number of imide groups is 1. The maximum Gasteiger partial charge on any atom is 0.255 e. The van der Waals surface area contributed by atoms with Crippen LogP contribution >= 0.6 is 0 Å². The van der Waals surface area contributed by atoms with Crippen molar-refractivity contribution in [3.63, 3.8) is 0 Å². The molecule has 0 radical (unpaired) electrons. The Labute approximate surface area is 203 Å². The summed E-state index contributed by atoms with van der Waals surface area (Å²) in [5.74, 6) is 0.443. The first-order valence-electron chi connectivity index (χ1n) is 12.5. The molecule has 3 atom stereocenters. The molecule has 4 aliphatic rings. The summed E-state index contributed by atoms with van der Waals surface area (Å²) in [6.07, 6.45) is 8.85. The van der Waals surface area contributed by atoms with Gasteiger partial charge >= 0.3 is 0 Å². The van der Waals surface area contributed by atoms with Crippen LogP contribution in [0.2, 0.25) is 0 Å². The van der Waals surface area contributed by atoms with Crippen molar-refractivity contribution in [3.8, 4) is 5.75 Å². The first kappa shape index (κ1) is 22.2. The van der Waals surface area contributed by atoms with E-state index in [0.717, 1.165) is 43.7 Å². The summed E-state index contributed by atoms with van der Waals surface area (Å²) in [5.41, 5.74) is 2.73. The van der Waals surface area contributed by atoms with Gasteiger partial charge in [0.15, 0.2) is 0 Å². The molecule has 2 saturated heterocycles. The Balaban J connectivity index is 1.12. The van der Waals surface area contributed by atoms with Gasteiger partial charge < -0.3 is 9.64 Å². The van der Waals surface area contributed by atoms with Crippen LogP contribution in [-0.2, 0) is 16.1 Å². The number of likely N-dealkylation sites (tertiary alicyclic amines) is 1. The van der Waals surface area contributed by atoms with E-state index in [-0.39, 0.29) is 30.2 Å². The highest BCUT2D eigenvalue weighted by Crippen LogP contribution is 2.36. The number of piperidine rings is 1. The third kappa shape index (κ3) is 4.18. The number of fused-ring (bicyclic) bond motifs is 1. The van der Waals surface area contributed by atoms with Crippen LogP contribution in [0.1, 0.15) is 65.9 Å². The maximum atomic E-state index is 13.0. The van der Waals surface area contributed by atoms with E-state index in [9.17, 15) is 14.4 Å². The third-order valence-electron chi connectivity index (χ3n) is 7.91. The second kappa shape index (κ2) is 9.03. The summed E-state index contributed by atoms with van der Waals surface area (Å²) >= 11 is 0. The molecule has 0 spiro atoms. The molecule has 1 N–H and O–H groups in total. The fourth-order valence-corrected chi connectivity index (χ4v) is 5.97. The smallest absolute Gasteiger partial charge is 0.255 e. The number of rotatable bonds is 5. The minimum absolute atomic E-state index is 0.113. The zero-order valence-electron chi connectivity index (χ0n) is 19.6. The van der Waals surface area contributed by atoms with Crippen LogP contribution in [0.4, 0.5) is 0 Å². The van der Waals surface area contributed by atoms with Gasteiger partial charge in [0.1, 0.15) is 17.9 Å². The average molecular weight is 476 g/mol. The van der Waals surface area contributed by atoms with E-state index in [1.165, 1.54) is 12.0 Å². The van der Waals surface area contributed by atoms with Gasteiger partial charge in [0.2, 0.25) is 11.8 Å². The highest BCUT2D eigenvalue weighted by molar-refractivity contribution is 6.05. The Kier molecular flexibility index (Phi) is 5.72. The topological polar surface area (TPSA) is 105 Å². The molecule has 35 heavy (non-hydrogen) atoms. The number of benzene rings is 1. The minimum atomic E-state index is -0.602. The van der Waals surface area contributed by atoms with Gasteiger partial charge in [-0.3, -0.25) is 24.6 Å². The quantitative estimate of drug-likeness (QED) is 0.660. The molecule has 1 aromatic heterocycles. The highest BCUT2D eigenvalue weighted by Gasteiger charge is 2.41. The Morgan fingerprint density at radius 2 is 1.86 bits per heavy atom. The number of hydrogen-bond acceptors (Lipinski definition) is 7. The van der Waals surface area contributed by atoms with Crippen molar-refractivity contribution >= 4 is 17.7 Å². The van der Waals surface area contributed by atoms with Crippen LogP contribution < -0.4 is 10.1 Å². The summed E-state index contributed by atoms with van der Waals surface area (Å²) in [6.45, 7) is 2.38. The van der Waals surface area contributed by atoms with Gasteiger partial charge in [-0.2, -0.15) is 10.2 Å². The number of amides is 3. The van der Waals surface area contributed by atoms with Crippen LogP contribution in [-0.4, -0.2) is 69.0 Å². The van der Waals surface area contributed by atoms with Crippen molar-refractivity contribution in [2.45, 2.75) is 69.2 Å². The summed E-state index contributed by atoms with van der Waals surface area (Å²) < 4.78 is 6.52. The van der Waals surface area contributed by atoms with Gasteiger partial charge in [-0.25, -0.2) is 0 Å². The predicted octanol–water partition coefficient (Wildman–Crippen LogP) is 2.03. The normalized spacial score (nSPS) is 27.4. The van der Waals surface area contributed by atoms with Crippen molar-refractivity contribution < 1.29 is 19.1 Å². The van der Waals surface area contributed by atoms with E-state index in [1.54, 1.807) is 11.1 Å². The van der Waals surface area contributed by atoms with Crippen molar-refractivity contribution in [1.82, 2.24) is 25.3 Å². The molecule has 1 unspecified atom stereocenters. The average Bonchev–Trinajstić information content (AvgIpc) is 3.15. The molecule has 2 aromatic rings. The van der Waals surface area contributed by atoms with E-state index in [2.05, 4.69) is 20.4 Å². The lowest BCUT2D eigenvalue weighted by Gasteiger charge is -2.48. The molecular weight excluding hydrogens is 446 g/mol. The van der Waals surface area contributed by atoms with Gasteiger partial charge in [-0.15, -0.1) is 0 Å². The molecule has 9 nitrogen and oxygen atoms in total. The lowest BCUT2D eigenvalue weighted by molar-refractivity contribution is -0.136. The minimum Gasteiger partial charge on any atom is -0.489 e. The van der Waals surface area contributed by atoms with Gasteiger partial charge in [0.25, 0.3) is 5.91 Å². The fraction of sp³-hybridized carbons (Fsp3) is 0.500. The van der Waals surface area contributed by atoms with Crippen LogP contribution in [0.3, 0.4) is 0 Å². The van der Waals surface area contributed by atoms with Gasteiger partial charge in [-0.1, -0.05) is 6.42 Å². The molecule has 3 fully saturated rings. The third-order valence-corrected chi connectivity index (χ3v) is 7.91. The van der Waals surface area contributed by atoms with E-state index < -0.39 is 6.04 Å². The molecule has 1 aromatic carbocycles. The number of carbonyl (C=O) groups is 3. The second-order valence-electron chi connectivity index (χ2n) is 10.1. The lowest BCUT2D eigenvalue weighted by Crippen LogP contribution is -2.57. The number of carbonyl (C=O) groups excluding carboxylic acids is 3. The van der Waals surface area contributed by atoms with Gasteiger partial charge in [0, 0.05) is 49.8 Å².